The normalized spacial score (nSPS) is 26.1. The lowest BCUT2D eigenvalue weighted by atomic mass is 9.92. The molecule has 0 aromatic rings. The third-order valence-electron chi connectivity index (χ3n) is 4.29. The van der Waals surface area contributed by atoms with Gasteiger partial charge in [-0.05, 0) is 50.5 Å². The molecule has 0 aromatic heterocycles. The summed E-state index contributed by atoms with van der Waals surface area (Å²) < 4.78 is 11.1. The zero-order valence-electron chi connectivity index (χ0n) is 13.0. The van der Waals surface area contributed by atoms with Gasteiger partial charge in [0.25, 0.3) is 0 Å². The van der Waals surface area contributed by atoms with Crippen molar-refractivity contribution >= 4 is 23.6 Å². The van der Waals surface area contributed by atoms with Crippen LogP contribution < -0.4 is 5.32 Å². The largest absolute Gasteiger partial charge is 0.480 e. The summed E-state index contributed by atoms with van der Waals surface area (Å²) in [5.41, 5.74) is -1.14. The van der Waals surface area contributed by atoms with Gasteiger partial charge >= 0.3 is 5.97 Å². The Morgan fingerprint density at radius 1 is 1.41 bits per heavy atom. The second-order valence-corrected chi connectivity index (χ2v) is 7.18. The minimum Gasteiger partial charge on any atom is -0.480 e. The molecular formula is C15H25NO5S. The Labute approximate surface area is 135 Å². The third kappa shape index (κ3) is 4.60. The number of thioether (sulfide) groups is 1. The molecule has 2 atom stereocenters. The van der Waals surface area contributed by atoms with Crippen molar-refractivity contribution in [3.8, 4) is 0 Å². The van der Waals surface area contributed by atoms with Crippen LogP contribution >= 0.6 is 11.8 Å². The number of hydrogen-bond donors (Lipinski definition) is 2. The zero-order chi connectivity index (χ0) is 16.0. The van der Waals surface area contributed by atoms with Crippen molar-refractivity contribution in [2.24, 2.45) is 0 Å². The number of hydrogen-bond acceptors (Lipinski definition) is 5. The quantitative estimate of drug-likeness (QED) is 0.766. The van der Waals surface area contributed by atoms with Crippen LogP contribution in [-0.2, 0) is 19.1 Å². The van der Waals surface area contributed by atoms with Crippen LogP contribution in [0.3, 0.4) is 0 Å². The summed E-state index contributed by atoms with van der Waals surface area (Å²) in [5, 5.41) is 12.2. The lowest BCUT2D eigenvalue weighted by Crippen LogP contribution is -2.58. The average molecular weight is 331 g/mol. The minimum atomic E-state index is -1.14. The Morgan fingerprint density at radius 2 is 2.14 bits per heavy atom. The molecule has 0 aliphatic carbocycles. The fourth-order valence-electron chi connectivity index (χ4n) is 2.72. The van der Waals surface area contributed by atoms with Crippen molar-refractivity contribution in [2.45, 2.75) is 56.8 Å². The summed E-state index contributed by atoms with van der Waals surface area (Å²) in [6.45, 7) is 2.78. The fraction of sp³-hybridized carbons (Fsp3) is 0.867. The number of carbonyl (C=O) groups excluding carboxylic acids is 1. The van der Waals surface area contributed by atoms with Crippen molar-refractivity contribution in [3.05, 3.63) is 0 Å². The van der Waals surface area contributed by atoms with Crippen LogP contribution in [-0.4, -0.2) is 59.4 Å². The first-order chi connectivity index (χ1) is 10.5. The van der Waals surface area contributed by atoms with Gasteiger partial charge in [-0.1, -0.05) is 0 Å². The molecule has 1 amide bonds. The maximum absolute atomic E-state index is 12.2. The Kier molecular flexibility index (Phi) is 6.52. The summed E-state index contributed by atoms with van der Waals surface area (Å²) in [4.78, 5) is 23.8. The molecule has 6 nitrogen and oxygen atoms in total. The molecule has 2 aliphatic rings. The van der Waals surface area contributed by atoms with Crippen LogP contribution in [0.1, 0.15) is 39.0 Å². The predicted molar refractivity (Wildman–Crippen MR) is 84.1 cm³/mol. The van der Waals surface area contributed by atoms with E-state index in [1.807, 2.05) is 0 Å². The molecule has 7 heteroatoms. The van der Waals surface area contributed by atoms with Gasteiger partial charge in [-0.3, -0.25) is 4.79 Å². The molecule has 2 saturated heterocycles. The number of nitrogens with one attached hydrogen (secondary N) is 1. The highest BCUT2D eigenvalue weighted by Gasteiger charge is 2.42. The van der Waals surface area contributed by atoms with E-state index in [1.165, 1.54) is 0 Å². The van der Waals surface area contributed by atoms with E-state index in [2.05, 4.69) is 5.32 Å². The van der Waals surface area contributed by atoms with Crippen LogP contribution in [0.5, 0.6) is 0 Å². The van der Waals surface area contributed by atoms with Gasteiger partial charge in [0.2, 0.25) is 5.91 Å². The van der Waals surface area contributed by atoms with Crippen molar-refractivity contribution in [3.63, 3.8) is 0 Å². The molecule has 22 heavy (non-hydrogen) atoms. The Morgan fingerprint density at radius 3 is 2.73 bits per heavy atom. The lowest BCUT2D eigenvalue weighted by Gasteiger charge is -2.34. The molecule has 0 radical (unpaired) electrons. The number of ether oxygens (including phenoxy) is 2. The van der Waals surface area contributed by atoms with E-state index in [-0.39, 0.29) is 12.0 Å². The molecule has 0 bridgehead atoms. The van der Waals surface area contributed by atoms with Gasteiger partial charge in [0.05, 0.1) is 12.7 Å². The molecule has 0 spiro atoms. The topological polar surface area (TPSA) is 84.9 Å². The summed E-state index contributed by atoms with van der Waals surface area (Å²) in [6, 6.07) is 0. The molecule has 0 aromatic carbocycles. The van der Waals surface area contributed by atoms with E-state index in [0.717, 1.165) is 37.4 Å². The number of rotatable bonds is 6. The van der Waals surface area contributed by atoms with Crippen molar-refractivity contribution in [1.29, 1.82) is 0 Å². The van der Waals surface area contributed by atoms with E-state index >= 15 is 0 Å². The summed E-state index contributed by atoms with van der Waals surface area (Å²) >= 11 is 1.72. The average Bonchev–Trinajstić information content (AvgIpc) is 2.54. The number of carboxylic acid groups (broad SMARTS) is 1. The highest BCUT2D eigenvalue weighted by Crippen LogP contribution is 2.27. The van der Waals surface area contributed by atoms with Crippen LogP contribution in [0, 0.1) is 0 Å². The van der Waals surface area contributed by atoms with Crippen LogP contribution in [0.25, 0.3) is 0 Å². The van der Waals surface area contributed by atoms with Gasteiger partial charge in [0.15, 0.2) is 0 Å². The fourth-order valence-corrected chi connectivity index (χ4v) is 3.91. The first kappa shape index (κ1) is 17.6. The molecule has 2 N–H and O–H groups in total. The molecule has 126 valence electrons. The molecule has 2 heterocycles. The highest BCUT2D eigenvalue weighted by molar-refractivity contribution is 7.99. The van der Waals surface area contributed by atoms with Crippen LogP contribution in [0.2, 0.25) is 0 Å². The van der Waals surface area contributed by atoms with E-state index in [1.54, 1.807) is 18.7 Å². The Hall–Kier alpha value is -0.790. The van der Waals surface area contributed by atoms with Crippen LogP contribution in [0.15, 0.2) is 0 Å². The highest BCUT2D eigenvalue weighted by atomic mass is 32.2. The van der Waals surface area contributed by atoms with E-state index < -0.39 is 17.6 Å². The second kappa shape index (κ2) is 8.17. The van der Waals surface area contributed by atoms with Crippen molar-refractivity contribution in [2.75, 3.05) is 24.7 Å². The lowest BCUT2D eigenvalue weighted by molar-refractivity contribution is -0.151. The smallest absolute Gasteiger partial charge is 0.329 e. The SMILES string of the molecule is CC(OCC1CCCCO1)C(=O)NC1(C(=O)O)CCSCC1. The number of carbonyl (C=O) groups is 2. The van der Waals surface area contributed by atoms with Gasteiger partial charge in [0, 0.05) is 6.61 Å². The Bertz CT molecular complexity index is 391. The van der Waals surface area contributed by atoms with Gasteiger partial charge in [0.1, 0.15) is 11.6 Å². The molecular weight excluding hydrogens is 306 g/mol. The standard InChI is InChI=1S/C15H25NO5S/c1-11(21-10-12-4-2-3-7-20-12)13(17)16-15(14(18)19)5-8-22-9-6-15/h11-12H,2-10H2,1H3,(H,16,17)(H,18,19). The zero-order valence-corrected chi connectivity index (χ0v) is 13.8. The summed E-state index contributed by atoms with van der Waals surface area (Å²) in [7, 11) is 0. The van der Waals surface area contributed by atoms with E-state index in [0.29, 0.717) is 19.4 Å². The monoisotopic (exact) mass is 331 g/mol. The van der Waals surface area contributed by atoms with E-state index in [9.17, 15) is 14.7 Å². The van der Waals surface area contributed by atoms with Crippen molar-refractivity contribution < 1.29 is 24.2 Å². The number of aliphatic carboxylic acids is 1. The maximum atomic E-state index is 12.2. The van der Waals surface area contributed by atoms with Gasteiger partial charge in [-0.2, -0.15) is 11.8 Å². The molecule has 2 fully saturated rings. The van der Waals surface area contributed by atoms with Crippen LogP contribution in [0.4, 0.5) is 0 Å². The predicted octanol–water partition coefficient (Wildman–Crippen LogP) is 1.43. The Balaban J connectivity index is 1.82. The molecule has 2 unspecified atom stereocenters. The van der Waals surface area contributed by atoms with Gasteiger partial charge < -0.3 is 19.9 Å². The first-order valence-corrected chi connectivity index (χ1v) is 9.05. The maximum Gasteiger partial charge on any atom is 0.329 e. The summed E-state index contributed by atoms with van der Waals surface area (Å²) in [5.74, 6) is 0.184. The molecule has 2 rings (SSSR count). The van der Waals surface area contributed by atoms with Crippen molar-refractivity contribution in [1.82, 2.24) is 5.32 Å². The minimum absolute atomic E-state index is 0.0449. The molecule has 0 saturated carbocycles. The number of carboxylic acids is 1. The molecule has 2 aliphatic heterocycles. The summed E-state index contributed by atoms with van der Waals surface area (Å²) in [6.07, 6.45) is 3.43. The third-order valence-corrected chi connectivity index (χ3v) is 5.28. The van der Waals surface area contributed by atoms with Gasteiger partial charge in [-0.25, -0.2) is 4.79 Å². The van der Waals surface area contributed by atoms with Gasteiger partial charge in [-0.15, -0.1) is 0 Å². The first-order valence-electron chi connectivity index (χ1n) is 7.90. The second-order valence-electron chi connectivity index (χ2n) is 5.95. The number of amides is 1. The van der Waals surface area contributed by atoms with E-state index in [4.69, 9.17) is 9.47 Å².